The molecule has 0 aromatic carbocycles. The molecule has 64 valence electrons. The summed E-state index contributed by atoms with van der Waals surface area (Å²) >= 11 is 0. The maximum absolute atomic E-state index is 10.8. The lowest BCUT2D eigenvalue weighted by atomic mass is 9.88. The summed E-state index contributed by atoms with van der Waals surface area (Å²) in [5.74, 6) is 0.0356. The summed E-state index contributed by atoms with van der Waals surface area (Å²) in [6, 6.07) is 0. The van der Waals surface area contributed by atoms with E-state index >= 15 is 0 Å². The van der Waals surface area contributed by atoms with Crippen LogP contribution >= 0.6 is 0 Å². The van der Waals surface area contributed by atoms with E-state index in [4.69, 9.17) is 9.84 Å². The fourth-order valence-electron chi connectivity index (χ4n) is 1.47. The highest BCUT2D eigenvalue weighted by Crippen LogP contribution is 2.34. The lowest BCUT2D eigenvalue weighted by molar-refractivity contribution is -0.146. The minimum absolute atomic E-state index is 0.130. The van der Waals surface area contributed by atoms with Crippen molar-refractivity contribution in [2.24, 2.45) is 5.92 Å². The third-order valence-electron chi connectivity index (χ3n) is 2.25. The van der Waals surface area contributed by atoms with E-state index < -0.39 is 0 Å². The summed E-state index contributed by atoms with van der Waals surface area (Å²) in [7, 11) is 0. The molecule has 3 heteroatoms. The first-order valence-corrected chi connectivity index (χ1v) is 3.89. The number of ether oxygens (including phenoxy) is 1. The Balaban J connectivity index is 2.58. The third-order valence-corrected chi connectivity index (χ3v) is 2.25. The molecule has 1 aliphatic rings. The summed E-state index contributed by atoms with van der Waals surface area (Å²) in [5.41, 5.74) is -0.375. The molecule has 0 amide bonds. The highest BCUT2D eigenvalue weighted by atomic mass is 16.6. The topological polar surface area (TPSA) is 46.5 Å². The number of hydrogen-bond acceptors (Lipinski definition) is 3. The van der Waals surface area contributed by atoms with Crippen LogP contribution in [0.1, 0.15) is 26.7 Å². The molecule has 1 N–H and O–H groups in total. The van der Waals surface area contributed by atoms with E-state index in [1.807, 2.05) is 13.8 Å². The predicted octanol–water partition coefficient (Wildman–Crippen LogP) is 0.710. The fourth-order valence-corrected chi connectivity index (χ4v) is 1.47. The molecule has 1 heterocycles. The summed E-state index contributed by atoms with van der Waals surface area (Å²) in [5, 5.41) is 8.68. The first kappa shape index (κ1) is 8.53. The SMILES string of the molecule is CC1(C)OC(=O)CC1CCO. The Labute approximate surface area is 66.4 Å². The largest absolute Gasteiger partial charge is 0.459 e. The van der Waals surface area contributed by atoms with Crippen LogP contribution in [-0.4, -0.2) is 23.3 Å². The zero-order chi connectivity index (χ0) is 8.48. The van der Waals surface area contributed by atoms with Gasteiger partial charge < -0.3 is 9.84 Å². The van der Waals surface area contributed by atoms with Crippen LogP contribution in [0.15, 0.2) is 0 Å². The average molecular weight is 158 g/mol. The molecule has 1 saturated heterocycles. The van der Waals surface area contributed by atoms with Gasteiger partial charge in [0.25, 0.3) is 0 Å². The minimum atomic E-state index is -0.375. The summed E-state index contributed by atoms with van der Waals surface area (Å²) in [6.45, 7) is 3.90. The van der Waals surface area contributed by atoms with Gasteiger partial charge in [-0.25, -0.2) is 0 Å². The van der Waals surface area contributed by atoms with Crippen molar-refractivity contribution in [2.75, 3.05) is 6.61 Å². The summed E-state index contributed by atoms with van der Waals surface area (Å²) in [6.07, 6.45) is 1.10. The third kappa shape index (κ3) is 1.71. The predicted molar refractivity (Wildman–Crippen MR) is 40.0 cm³/mol. The highest BCUT2D eigenvalue weighted by molar-refractivity contribution is 5.72. The molecular weight excluding hydrogens is 144 g/mol. The second kappa shape index (κ2) is 2.81. The monoisotopic (exact) mass is 158 g/mol. The molecular formula is C8H14O3. The average Bonchev–Trinajstić information content (AvgIpc) is 2.07. The fraction of sp³-hybridized carbons (Fsp3) is 0.875. The smallest absolute Gasteiger partial charge is 0.306 e. The van der Waals surface area contributed by atoms with Crippen LogP contribution < -0.4 is 0 Å². The zero-order valence-electron chi connectivity index (χ0n) is 6.96. The Kier molecular flexibility index (Phi) is 2.18. The molecule has 3 nitrogen and oxygen atoms in total. The second-order valence-electron chi connectivity index (χ2n) is 3.49. The molecule has 0 saturated carbocycles. The molecule has 1 unspecified atom stereocenters. The summed E-state index contributed by atoms with van der Waals surface area (Å²) in [4.78, 5) is 10.8. The Bertz CT molecular complexity index is 163. The van der Waals surface area contributed by atoms with Gasteiger partial charge in [0, 0.05) is 12.5 Å². The van der Waals surface area contributed by atoms with Gasteiger partial charge in [0.1, 0.15) is 5.60 Å². The van der Waals surface area contributed by atoms with Crippen LogP contribution in [0.2, 0.25) is 0 Å². The number of hydrogen-bond donors (Lipinski definition) is 1. The van der Waals surface area contributed by atoms with Crippen molar-refractivity contribution in [1.82, 2.24) is 0 Å². The number of rotatable bonds is 2. The van der Waals surface area contributed by atoms with Gasteiger partial charge in [0.15, 0.2) is 0 Å². The van der Waals surface area contributed by atoms with Gasteiger partial charge in [-0.05, 0) is 20.3 Å². The van der Waals surface area contributed by atoms with E-state index in [-0.39, 0.29) is 24.1 Å². The Morgan fingerprint density at radius 3 is 2.73 bits per heavy atom. The van der Waals surface area contributed by atoms with E-state index in [0.717, 1.165) is 0 Å². The number of carbonyl (C=O) groups excluding carboxylic acids is 1. The number of esters is 1. The van der Waals surface area contributed by atoms with Crippen LogP contribution in [0.4, 0.5) is 0 Å². The van der Waals surface area contributed by atoms with Gasteiger partial charge in [-0.3, -0.25) is 4.79 Å². The second-order valence-corrected chi connectivity index (χ2v) is 3.49. The van der Waals surface area contributed by atoms with Gasteiger partial charge in [0.05, 0.1) is 6.42 Å². The van der Waals surface area contributed by atoms with E-state index in [1.165, 1.54) is 0 Å². The summed E-state index contributed by atoms with van der Waals surface area (Å²) < 4.78 is 5.06. The molecule has 1 rings (SSSR count). The normalized spacial score (nSPS) is 28.6. The van der Waals surface area contributed by atoms with Crippen molar-refractivity contribution in [3.63, 3.8) is 0 Å². The molecule has 0 aliphatic carbocycles. The molecule has 0 bridgehead atoms. The number of aliphatic hydroxyl groups excluding tert-OH is 1. The number of cyclic esters (lactones) is 1. The van der Waals surface area contributed by atoms with Crippen molar-refractivity contribution >= 4 is 5.97 Å². The molecule has 0 aromatic rings. The van der Waals surface area contributed by atoms with Crippen LogP contribution in [-0.2, 0) is 9.53 Å². The number of aliphatic hydroxyl groups is 1. The van der Waals surface area contributed by atoms with Gasteiger partial charge in [-0.15, -0.1) is 0 Å². The first-order chi connectivity index (χ1) is 5.06. The van der Waals surface area contributed by atoms with Crippen molar-refractivity contribution in [2.45, 2.75) is 32.3 Å². The van der Waals surface area contributed by atoms with Crippen molar-refractivity contribution < 1.29 is 14.6 Å². The minimum Gasteiger partial charge on any atom is -0.459 e. The molecule has 1 aliphatic heterocycles. The van der Waals surface area contributed by atoms with Crippen LogP contribution in [0.25, 0.3) is 0 Å². The highest BCUT2D eigenvalue weighted by Gasteiger charge is 2.40. The molecule has 1 atom stereocenters. The molecule has 0 aromatic heterocycles. The van der Waals surface area contributed by atoms with E-state index in [1.54, 1.807) is 0 Å². The quantitative estimate of drug-likeness (QED) is 0.602. The van der Waals surface area contributed by atoms with Crippen LogP contribution in [0.3, 0.4) is 0 Å². The zero-order valence-corrected chi connectivity index (χ0v) is 6.96. The lowest BCUT2D eigenvalue weighted by Gasteiger charge is -2.23. The van der Waals surface area contributed by atoms with Crippen molar-refractivity contribution in [1.29, 1.82) is 0 Å². The Morgan fingerprint density at radius 2 is 2.36 bits per heavy atom. The lowest BCUT2D eigenvalue weighted by Crippen LogP contribution is -2.27. The molecule has 1 fully saturated rings. The van der Waals surface area contributed by atoms with Gasteiger partial charge in [0.2, 0.25) is 0 Å². The van der Waals surface area contributed by atoms with Crippen molar-refractivity contribution in [3.8, 4) is 0 Å². The maximum Gasteiger partial charge on any atom is 0.306 e. The Morgan fingerprint density at radius 1 is 1.73 bits per heavy atom. The number of carbonyl (C=O) groups is 1. The van der Waals surface area contributed by atoms with E-state index in [9.17, 15) is 4.79 Å². The van der Waals surface area contributed by atoms with Crippen LogP contribution in [0.5, 0.6) is 0 Å². The van der Waals surface area contributed by atoms with E-state index in [2.05, 4.69) is 0 Å². The van der Waals surface area contributed by atoms with E-state index in [0.29, 0.717) is 12.8 Å². The standard InChI is InChI=1S/C8H14O3/c1-8(2)6(3-4-9)5-7(10)11-8/h6,9H,3-5H2,1-2H3. The molecule has 11 heavy (non-hydrogen) atoms. The van der Waals surface area contributed by atoms with Crippen LogP contribution in [0, 0.1) is 5.92 Å². The first-order valence-electron chi connectivity index (χ1n) is 3.89. The van der Waals surface area contributed by atoms with Crippen molar-refractivity contribution in [3.05, 3.63) is 0 Å². The maximum atomic E-state index is 10.8. The van der Waals surface area contributed by atoms with Gasteiger partial charge >= 0.3 is 5.97 Å². The van der Waals surface area contributed by atoms with Gasteiger partial charge in [-0.2, -0.15) is 0 Å². The Hall–Kier alpha value is -0.570. The van der Waals surface area contributed by atoms with Gasteiger partial charge in [-0.1, -0.05) is 0 Å². The molecule has 0 spiro atoms. The molecule has 0 radical (unpaired) electrons.